The summed E-state index contributed by atoms with van der Waals surface area (Å²) in [5.41, 5.74) is 4.11. The predicted octanol–water partition coefficient (Wildman–Crippen LogP) is 1.84. The summed E-state index contributed by atoms with van der Waals surface area (Å²) in [4.78, 5) is 11.8. The van der Waals surface area contributed by atoms with Gasteiger partial charge in [-0.15, -0.1) is 11.3 Å². The van der Waals surface area contributed by atoms with Gasteiger partial charge >= 0.3 is 0 Å². The van der Waals surface area contributed by atoms with Crippen LogP contribution < -0.4 is 0 Å². The SMILES string of the molecule is Cc1ncsc1CN(CCO)Cc1cccnc1. The fourth-order valence-corrected chi connectivity index (χ4v) is 2.60. The largest absolute Gasteiger partial charge is 0.395 e. The van der Waals surface area contributed by atoms with E-state index < -0.39 is 0 Å². The lowest BCUT2D eigenvalue weighted by Gasteiger charge is -2.20. The average molecular weight is 263 g/mol. The lowest BCUT2D eigenvalue weighted by molar-refractivity contribution is 0.185. The molecule has 0 bridgehead atoms. The molecule has 2 aromatic rings. The normalized spacial score (nSPS) is 11.1. The number of aliphatic hydroxyl groups excluding tert-OH is 1. The molecule has 1 N–H and O–H groups in total. The van der Waals surface area contributed by atoms with Gasteiger partial charge < -0.3 is 5.11 Å². The molecule has 0 saturated carbocycles. The second kappa shape index (κ2) is 6.58. The third-order valence-corrected chi connectivity index (χ3v) is 3.68. The summed E-state index contributed by atoms with van der Waals surface area (Å²) >= 11 is 1.66. The maximum atomic E-state index is 9.14. The number of hydrogen-bond donors (Lipinski definition) is 1. The molecular weight excluding hydrogens is 246 g/mol. The Morgan fingerprint density at radius 2 is 2.28 bits per heavy atom. The van der Waals surface area contributed by atoms with Crippen LogP contribution in [-0.4, -0.2) is 33.1 Å². The zero-order valence-electron chi connectivity index (χ0n) is 10.4. The van der Waals surface area contributed by atoms with Crippen LogP contribution in [0.5, 0.6) is 0 Å². The van der Waals surface area contributed by atoms with Crippen LogP contribution in [0, 0.1) is 6.92 Å². The van der Waals surface area contributed by atoms with E-state index in [4.69, 9.17) is 5.11 Å². The Kier molecular flexibility index (Phi) is 4.81. The number of nitrogens with zero attached hydrogens (tertiary/aromatic N) is 3. The monoisotopic (exact) mass is 263 g/mol. The van der Waals surface area contributed by atoms with Crippen LogP contribution in [0.2, 0.25) is 0 Å². The second-order valence-corrected chi connectivity index (χ2v) is 5.10. The van der Waals surface area contributed by atoms with E-state index in [1.165, 1.54) is 4.88 Å². The zero-order chi connectivity index (χ0) is 12.8. The maximum absolute atomic E-state index is 9.14. The van der Waals surface area contributed by atoms with Crippen LogP contribution in [0.15, 0.2) is 30.0 Å². The van der Waals surface area contributed by atoms with E-state index in [9.17, 15) is 0 Å². The minimum absolute atomic E-state index is 0.165. The Labute approximate surface area is 111 Å². The van der Waals surface area contributed by atoms with Crippen molar-refractivity contribution in [2.75, 3.05) is 13.2 Å². The molecule has 0 fully saturated rings. The summed E-state index contributed by atoms with van der Waals surface area (Å²) in [6, 6.07) is 3.99. The molecule has 96 valence electrons. The van der Waals surface area contributed by atoms with Crippen molar-refractivity contribution >= 4 is 11.3 Å². The van der Waals surface area contributed by atoms with E-state index in [0.717, 1.165) is 24.3 Å². The topological polar surface area (TPSA) is 49.2 Å². The highest BCUT2D eigenvalue weighted by molar-refractivity contribution is 7.09. The molecule has 0 unspecified atom stereocenters. The molecule has 2 aromatic heterocycles. The molecular formula is C13H17N3OS. The highest BCUT2D eigenvalue weighted by Gasteiger charge is 2.10. The van der Waals surface area contributed by atoms with Gasteiger partial charge in [0.25, 0.3) is 0 Å². The van der Waals surface area contributed by atoms with Crippen LogP contribution in [0.3, 0.4) is 0 Å². The molecule has 0 spiro atoms. The standard InChI is InChI=1S/C13H17N3OS/c1-11-13(18-10-15-11)9-16(5-6-17)8-12-3-2-4-14-7-12/h2-4,7,10,17H,5-6,8-9H2,1H3. The maximum Gasteiger partial charge on any atom is 0.0798 e. The van der Waals surface area contributed by atoms with Gasteiger partial charge in [-0.1, -0.05) is 6.07 Å². The number of aliphatic hydroxyl groups is 1. The highest BCUT2D eigenvalue weighted by atomic mass is 32.1. The first kappa shape index (κ1) is 13.1. The lowest BCUT2D eigenvalue weighted by atomic mass is 10.2. The summed E-state index contributed by atoms with van der Waals surface area (Å²) in [6.07, 6.45) is 3.64. The van der Waals surface area contributed by atoms with Gasteiger partial charge in [-0.25, -0.2) is 4.98 Å². The minimum atomic E-state index is 0.165. The van der Waals surface area contributed by atoms with Crippen molar-refractivity contribution in [3.05, 3.63) is 46.2 Å². The van der Waals surface area contributed by atoms with E-state index in [1.807, 2.05) is 24.7 Å². The van der Waals surface area contributed by atoms with Crippen LogP contribution in [0.1, 0.15) is 16.1 Å². The van der Waals surface area contributed by atoms with Gasteiger partial charge in [-0.3, -0.25) is 9.88 Å². The van der Waals surface area contributed by atoms with E-state index in [2.05, 4.69) is 20.9 Å². The van der Waals surface area contributed by atoms with E-state index in [-0.39, 0.29) is 6.61 Å². The number of thiazole rings is 1. The number of aromatic nitrogens is 2. The number of hydrogen-bond acceptors (Lipinski definition) is 5. The third-order valence-electron chi connectivity index (χ3n) is 2.76. The molecule has 0 aliphatic rings. The van der Waals surface area contributed by atoms with Crippen molar-refractivity contribution in [2.45, 2.75) is 20.0 Å². The van der Waals surface area contributed by atoms with Gasteiger partial charge in [0.2, 0.25) is 0 Å². The van der Waals surface area contributed by atoms with Crippen molar-refractivity contribution in [3.63, 3.8) is 0 Å². The number of pyridine rings is 1. The zero-order valence-corrected chi connectivity index (χ0v) is 11.2. The number of aryl methyl sites for hydroxylation is 1. The third kappa shape index (κ3) is 3.60. The van der Waals surface area contributed by atoms with Gasteiger partial charge in [0.05, 0.1) is 17.8 Å². The molecule has 2 heterocycles. The number of rotatable bonds is 6. The van der Waals surface area contributed by atoms with Crippen LogP contribution in [0.25, 0.3) is 0 Å². The first-order chi connectivity index (χ1) is 8.79. The summed E-state index contributed by atoms with van der Waals surface area (Å²) in [7, 11) is 0. The van der Waals surface area contributed by atoms with Gasteiger partial charge in [0.15, 0.2) is 0 Å². The summed E-state index contributed by atoms with van der Waals surface area (Å²) in [5, 5.41) is 9.14. The first-order valence-electron chi connectivity index (χ1n) is 5.90. The van der Waals surface area contributed by atoms with Crippen molar-refractivity contribution < 1.29 is 5.11 Å². The average Bonchev–Trinajstić information content (AvgIpc) is 2.77. The molecule has 0 saturated heterocycles. The molecule has 2 rings (SSSR count). The van der Waals surface area contributed by atoms with Crippen molar-refractivity contribution in [3.8, 4) is 0 Å². The summed E-state index contributed by atoms with van der Waals surface area (Å²) in [6.45, 7) is 4.47. The van der Waals surface area contributed by atoms with Crippen LogP contribution in [-0.2, 0) is 13.1 Å². The first-order valence-corrected chi connectivity index (χ1v) is 6.78. The molecule has 0 atom stereocenters. The fraction of sp³-hybridized carbons (Fsp3) is 0.385. The predicted molar refractivity (Wildman–Crippen MR) is 72.3 cm³/mol. The molecule has 0 aromatic carbocycles. The van der Waals surface area contributed by atoms with Crippen molar-refractivity contribution in [2.24, 2.45) is 0 Å². The second-order valence-electron chi connectivity index (χ2n) is 4.16. The van der Waals surface area contributed by atoms with Gasteiger partial charge in [-0.2, -0.15) is 0 Å². The molecule has 0 radical (unpaired) electrons. The summed E-state index contributed by atoms with van der Waals surface area (Å²) < 4.78 is 0. The highest BCUT2D eigenvalue weighted by Crippen LogP contribution is 2.16. The van der Waals surface area contributed by atoms with Gasteiger partial charge in [-0.05, 0) is 18.6 Å². The van der Waals surface area contributed by atoms with E-state index in [1.54, 1.807) is 17.5 Å². The Hall–Kier alpha value is -1.30. The minimum Gasteiger partial charge on any atom is -0.395 e. The van der Waals surface area contributed by atoms with E-state index >= 15 is 0 Å². The van der Waals surface area contributed by atoms with Gasteiger partial charge in [0, 0.05) is 36.9 Å². The van der Waals surface area contributed by atoms with Crippen molar-refractivity contribution in [1.29, 1.82) is 0 Å². The summed E-state index contributed by atoms with van der Waals surface area (Å²) in [5.74, 6) is 0. The molecule has 0 amide bonds. The molecule has 5 heteroatoms. The molecule has 0 aliphatic heterocycles. The molecule has 18 heavy (non-hydrogen) atoms. The quantitative estimate of drug-likeness (QED) is 0.864. The Balaban J connectivity index is 2.02. The Bertz CT molecular complexity index is 472. The van der Waals surface area contributed by atoms with Crippen molar-refractivity contribution in [1.82, 2.24) is 14.9 Å². The van der Waals surface area contributed by atoms with E-state index in [0.29, 0.717) is 6.54 Å². The van der Waals surface area contributed by atoms with Crippen LogP contribution in [0.4, 0.5) is 0 Å². The Morgan fingerprint density at radius 1 is 1.39 bits per heavy atom. The fourth-order valence-electron chi connectivity index (χ4n) is 1.79. The Morgan fingerprint density at radius 3 is 2.89 bits per heavy atom. The van der Waals surface area contributed by atoms with Gasteiger partial charge in [0.1, 0.15) is 0 Å². The molecule has 0 aliphatic carbocycles. The molecule has 4 nitrogen and oxygen atoms in total. The smallest absolute Gasteiger partial charge is 0.0798 e. The van der Waals surface area contributed by atoms with Crippen LogP contribution >= 0.6 is 11.3 Å². The lowest BCUT2D eigenvalue weighted by Crippen LogP contribution is -2.26.